The highest BCUT2D eigenvalue weighted by Gasteiger charge is 2.12. The number of hydrogen-bond donors (Lipinski definition) is 1. The molecule has 16 heavy (non-hydrogen) atoms. The lowest BCUT2D eigenvalue weighted by molar-refractivity contribution is 0.135. The van der Waals surface area contributed by atoms with Crippen LogP contribution in [0, 0.1) is 0 Å². The van der Waals surface area contributed by atoms with E-state index in [2.05, 4.69) is 10.4 Å². The van der Waals surface area contributed by atoms with Crippen LogP contribution in [0.4, 0.5) is 0 Å². The van der Waals surface area contributed by atoms with Gasteiger partial charge in [0.1, 0.15) is 0 Å². The lowest BCUT2D eigenvalue weighted by Crippen LogP contribution is -2.32. The van der Waals surface area contributed by atoms with Crippen molar-refractivity contribution >= 4 is 0 Å². The lowest BCUT2D eigenvalue weighted by atomic mass is 10.1. The van der Waals surface area contributed by atoms with Crippen LogP contribution in [-0.2, 0) is 24.2 Å². The fourth-order valence-corrected chi connectivity index (χ4v) is 1.82. The van der Waals surface area contributed by atoms with E-state index in [1.54, 1.807) is 6.07 Å². The molecule has 0 spiro atoms. The van der Waals surface area contributed by atoms with E-state index in [9.17, 15) is 4.79 Å². The molecule has 1 aromatic rings. The maximum absolute atomic E-state index is 11.7. The van der Waals surface area contributed by atoms with E-state index in [-0.39, 0.29) is 5.56 Å². The number of fused-ring (bicyclic) bond motifs is 1. The topological polar surface area (TPSA) is 56.2 Å². The summed E-state index contributed by atoms with van der Waals surface area (Å²) in [6.45, 7) is 5.37. The van der Waals surface area contributed by atoms with Crippen LogP contribution >= 0.6 is 0 Å². The number of hydrogen-bond acceptors (Lipinski definition) is 4. The number of aromatic nitrogens is 2. The van der Waals surface area contributed by atoms with Gasteiger partial charge in [0, 0.05) is 32.2 Å². The maximum atomic E-state index is 11.7. The van der Waals surface area contributed by atoms with Gasteiger partial charge >= 0.3 is 0 Å². The molecule has 2 heterocycles. The summed E-state index contributed by atoms with van der Waals surface area (Å²) in [5, 5.41) is 7.60. The van der Waals surface area contributed by atoms with Crippen molar-refractivity contribution in [3.05, 3.63) is 27.7 Å². The molecular formula is C11H17N3O2. The van der Waals surface area contributed by atoms with Gasteiger partial charge in [-0.3, -0.25) is 4.79 Å². The Balaban J connectivity index is 2.16. The molecule has 0 unspecified atom stereocenters. The third-order valence-corrected chi connectivity index (χ3v) is 2.67. The van der Waals surface area contributed by atoms with E-state index in [1.165, 1.54) is 4.68 Å². The van der Waals surface area contributed by atoms with Crippen LogP contribution in [0.25, 0.3) is 0 Å². The number of ether oxygens (including phenoxy) is 1. The van der Waals surface area contributed by atoms with Crippen LogP contribution in [0.2, 0.25) is 0 Å². The molecule has 5 nitrogen and oxygen atoms in total. The van der Waals surface area contributed by atoms with Crippen LogP contribution in [0.15, 0.2) is 10.9 Å². The second-order valence-corrected chi connectivity index (χ2v) is 3.80. The molecule has 1 aromatic heterocycles. The first-order valence-electron chi connectivity index (χ1n) is 5.69. The van der Waals surface area contributed by atoms with Crippen molar-refractivity contribution in [2.75, 3.05) is 19.8 Å². The van der Waals surface area contributed by atoms with E-state index in [0.29, 0.717) is 19.8 Å². The lowest BCUT2D eigenvalue weighted by Gasteiger charge is -2.16. The minimum atomic E-state index is -0.0397. The van der Waals surface area contributed by atoms with Gasteiger partial charge in [-0.1, -0.05) is 0 Å². The maximum Gasteiger partial charge on any atom is 0.267 e. The van der Waals surface area contributed by atoms with E-state index in [4.69, 9.17) is 4.74 Å². The first-order valence-corrected chi connectivity index (χ1v) is 5.69. The average Bonchev–Trinajstić information content (AvgIpc) is 2.30. The molecule has 1 N–H and O–H groups in total. The zero-order valence-electron chi connectivity index (χ0n) is 9.53. The van der Waals surface area contributed by atoms with Crippen molar-refractivity contribution in [1.82, 2.24) is 15.1 Å². The Morgan fingerprint density at radius 3 is 3.31 bits per heavy atom. The fourth-order valence-electron chi connectivity index (χ4n) is 1.82. The van der Waals surface area contributed by atoms with Gasteiger partial charge in [-0.2, -0.15) is 5.10 Å². The third-order valence-electron chi connectivity index (χ3n) is 2.67. The van der Waals surface area contributed by atoms with Gasteiger partial charge in [0.2, 0.25) is 0 Å². The summed E-state index contributed by atoms with van der Waals surface area (Å²) >= 11 is 0. The Kier molecular flexibility index (Phi) is 3.69. The van der Waals surface area contributed by atoms with Crippen LogP contribution in [0.1, 0.15) is 18.2 Å². The first kappa shape index (κ1) is 11.3. The normalized spacial score (nSPS) is 14.8. The first-order chi connectivity index (χ1) is 7.81. The van der Waals surface area contributed by atoms with Gasteiger partial charge in [0.25, 0.3) is 5.56 Å². The third kappa shape index (κ3) is 2.48. The molecule has 2 rings (SSSR count). The van der Waals surface area contributed by atoms with Gasteiger partial charge in [0.05, 0.1) is 18.8 Å². The summed E-state index contributed by atoms with van der Waals surface area (Å²) in [5.41, 5.74) is 2.03. The number of rotatable bonds is 4. The summed E-state index contributed by atoms with van der Waals surface area (Å²) < 4.78 is 6.72. The molecule has 0 atom stereocenters. The molecular weight excluding hydrogens is 206 g/mol. The molecule has 0 aromatic carbocycles. The molecule has 88 valence electrons. The van der Waals surface area contributed by atoms with Gasteiger partial charge in [0.15, 0.2) is 0 Å². The Labute approximate surface area is 94.4 Å². The Morgan fingerprint density at radius 1 is 1.62 bits per heavy atom. The van der Waals surface area contributed by atoms with E-state index in [0.717, 1.165) is 30.8 Å². The largest absolute Gasteiger partial charge is 0.380 e. The van der Waals surface area contributed by atoms with Crippen LogP contribution in [0.5, 0.6) is 0 Å². The molecule has 0 fully saturated rings. The zero-order chi connectivity index (χ0) is 11.4. The summed E-state index contributed by atoms with van der Waals surface area (Å²) in [4.78, 5) is 11.7. The monoisotopic (exact) mass is 223 g/mol. The van der Waals surface area contributed by atoms with E-state index < -0.39 is 0 Å². The van der Waals surface area contributed by atoms with E-state index in [1.807, 2.05) is 6.92 Å². The average molecular weight is 223 g/mol. The Morgan fingerprint density at radius 2 is 2.50 bits per heavy atom. The van der Waals surface area contributed by atoms with Crippen LogP contribution < -0.4 is 10.9 Å². The quantitative estimate of drug-likeness (QED) is 0.726. The SMILES string of the molecule is CCOCCn1nc2c(cc1=O)CNCC2. The van der Waals surface area contributed by atoms with Crippen molar-refractivity contribution in [1.29, 1.82) is 0 Å². The van der Waals surface area contributed by atoms with Crippen molar-refractivity contribution in [2.45, 2.75) is 26.4 Å². The second-order valence-electron chi connectivity index (χ2n) is 3.80. The summed E-state index contributed by atoms with van der Waals surface area (Å²) in [6, 6.07) is 1.68. The molecule has 5 heteroatoms. The highest BCUT2D eigenvalue weighted by atomic mass is 16.5. The highest BCUT2D eigenvalue weighted by molar-refractivity contribution is 5.20. The van der Waals surface area contributed by atoms with Crippen LogP contribution in [0.3, 0.4) is 0 Å². The Hall–Kier alpha value is -1.20. The molecule has 1 aliphatic rings. The molecule has 0 saturated heterocycles. The van der Waals surface area contributed by atoms with Gasteiger partial charge in [-0.15, -0.1) is 0 Å². The highest BCUT2D eigenvalue weighted by Crippen LogP contribution is 2.07. The minimum absolute atomic E-state index is 0.0397. The summed E-state index contributed by atoms with van der Waals surface area (Å²) in [6.07, 6.45) is 0.893. The molecule has 0 bridgehead atoms. The van der Waals surface area contributed by atoms with Crippen molar-refractivity contribution < 1.29 is 4.74 Å². The van der Waals surface area contributed by atoms with Crippen molar-refractivity contribution in [3.63, 3.8) is 0 Å². The van der Waals surface area contributed by atoms with Crippen LogP contribution in [-0.4, -0.2) is 29.5 Å². The molecule has 1 aliphatic heterocycles. The molecule has 0 aliphatic carbocycles. The predicted molar refractivity (Wildman–Crippen MR) is 60.4 cm³/mol. The minimum Gasteiger partial charge on any atom is -0.380 e. The zero-order valence-corrected chi connectivity index (χ0v) is 9.53. The number of nitrogens with zero attached hydrogens (tertiary/aromatic N) is 2. The standard InChI is InChI=1S/C11H17N3O2/c1-2-16-6-5-14-11(15)7-9-8-12-4-3-10(9)13-14/h7,12H,2-6,8H2,1H3. The predicted octanol–water partition coefficient (Wildman–Crippen LogP) is -0.0745. The smallest absolute Gasteiger partial charge is 0.267 e. The summed E-state index contributed by atoms with van der Waals surface area (Å²) in [5.74, 6) is 0. The molecule has 0 radical (unpaired) electrons. The summed E-state index contributed by atoms with van der Waals surface area (Å²) in [7, 11) is 0. The molecule has 0 amide bonds. The van der Waals surface area contributed by atoms with Crippen molar-refractivity contribution in [2.24, 2.45) is 0 Å². The van der Waals surface area contributed by atoms with Gasteiger partial charge < -0.3 is 10.1 Å². The molecule has 0 saturated carbocycles. The Bertz CT molecular complexity index is 414. The van der Waals surface area contributed by atoms with E-state index >= 15 is 0 Å². The van der Waals surface area contributed by atoms with Crippen molar-refractivity contribution in [3.8, 4) is 0 Å². The number of nitrogens with one attached hydrogen (secondary N) is 1. The second kappa shape index (κ2) is 5.23. The van der Waals surface area contributed by atoms with Gasteiger partial charge in [-0.05, 0) is 12.5 Å². The van der Waals surface area contributed by atoms with Gasteiger partial charge in [-0.25, -0.2) is 4.68 Å². The fraction of sp³-hybridized carbons (Fsp3) is 0.636.